The largest absolute Gasteiger partial charge is 0.472 e. The van der Waals surface area contributed by atoms with Crippen molar-refractivity contribution < 1.29 is 17.3 Å². The van der Waals surface area contributed by atoms with Crippen LogP contribution in [0.2, 0.25) is 0 Å². The summed E-state index contributed by atoms with van der Waals surface area (Å²) in [4.78, 5) is 8.68. The number of aliphatic imine (C=N–C) groups is 2. The second-order valence-electron chi connectivity index (χ2n) is 4.88. The summed E-state index contributed by atoms with van der Waals surface area (Å²) in [5, 5.41) is 0. The number of furan rings is 2. The van der Waals surface area contributed by atoms with Gasteiger partial charge >= 0.3 is 0 Å². The molecule has 7 heteroatoms. The van der Waals surface area contributed by atoms with E-state index in [2.05, 4.69) is 9.98 Å². The summed E-state index contributed by atoms with van der Waals surface area (Å²) in [5.41, 5.74) is 1.61. The predicted molar refractivity (Wildman–Crippen MR) is 78.8 cm³/mol. The first-order valence-electron chi connectivity index (χ1n) is 6.43. The van der Waals surface area contributed by atoms with Gasteiger partial charge in [0.15, 0.2) is 9.84 Å². The lowest BCUT2D eigenvalue weighted by atomic mass is 10.2. The first-order chi connectivity index (χ1) is 10.1. The van der Waals surface area contributed by atoms with E-state index < -0.39 is 9.84 Å². The van der Waals surface area contributed by atoms with Crippen LogP contribution in [0.4, 0.5) is 0 Å². The molecule has 0 radical (unpaired) electrons. The van der Waals surface area contributed by atoms with Crippen molar-refractivity contribution in [1.29, 1.82) is 0 Å². The summed E-state index contributed by atoms with van der Waals surface area (Å²) in [6.45, 7) is 0. The van der Waals surface area contributed by atoms with Crippen molar-refractivity contribution in [2.24, 2.45) is 9.98 Å². The van der Waals surface area contributed by atoms with Crippen LogP contribution in [0.3, 0.4) is 0 Å². The summed E-state index contributed by atoms with van der Waals surface area (Å²) in [7, 11) is -3.10. The van der Waals surface area contributed by atoms with Crippen molar-refractivity contribution in [3.05, 3.63) is 48.3 Å². The summed E-state index contributed by atoms with van der Waals surface area (Å²) >= 11 is 0. The Morgan fingerprint density at radius 1 is 0.952 bits per heavy atom. The maximum Gasteiger partial charge on any atom is 0.154 e. The van der Waals surface area contributed by atoms with Crippen LogP contribution in [0.25, 0.3) is 0 Å². The van der Waals surface area contributed by atoms with Gasteiger partial charge in [0.2, 0.25) is 0 Å². The van der Waals surface area contributed by atoms with Gasteiger partial charge in [0, 0.05) is 23.6 Å². The summed E-state index contributed by atoms with van der Waals surface area (Å²) in [6, 6.07) is 2.79. The van der Waals surface area contributed by atoms with E-state index in [-0.39, 0.29) is 23.6 Å². The van der Waals surface area contributed by atoms with Crippen molar-refractivity contribution >= 4 is 22.3 Å². The number of hydrogen-bond acceptors (Lipinski definition) is 6. The monoisotopic (exact) mass is 306 g/mol. The lowest BCUT2D eigenvalue weighted by Crippen LogP contribution is -2.20. The van der Waals surface area contributed by atoms with E-state index in [9.17, 15) is 8.42 Å². The summed E-state index contributed by atoms with van der Waals surface area (Å²) in [6.07, 6.45) is 9.43. The van der Waals surface area contributed by atoms with Crippen molar-refractivity contribution in [1.82, 2.24) is 0 Å². The highest BCUT2D eigenvalue weighted by Crippen LogP contribution is 2.19. The molecule has 0 spiro atoms. The summed E-state index contributed by atoms with van der Waals surface area (Å²) < 4.78 is 33.5. The molecular weight excluding hydrogens is 292 g/mol. The van der Waals surface area contributed by atoms with Gasteiger partial charge in [0.1, 0.15) is 0 Å². The molecular formula is C14H14N2O4S. The van der Waals surface area contributed by atoms with E-state index in [0.29, 0.717) is 0 Å². The van der Waals surface area contributed by atoms with E-state index in [4.69, 9.17) is 8.83 Å². The number of sulfone groups is 1. The van der Waals surface area contributed by atoms with Crippen molar-refractivity contribution in [3.8, 4) is 0 Å². The van der Waals surface area contributed by atoms with Crippen molar-refractivity contribution in [2.45, 2.75) is 12.1 Å². The fourth-order valence-corrected chi connectivity index (χ4v) is 3.95. The van der Waals surface area contributed by atoms with Gasteiger partial charge in [-0.2, -0.15) is 0 Å². The highest BCUT2D eigenvalue weighted by atomic mass is 32.2. The van der Waals surface area contributed by atoms with Gasteiger partial charge in [0.05, 0.1) is 48.6 Å². The molecule has 1 aliphatic rings. The van der Waals surface area contributed by atoms with Gasteiger partial charge in [-0.25, -0.2) is 8.42 Å². The zero-order valence-corrected chi connectivity index (χ0v) is 11.9. The van der Waals surface area contributed by atoms with Gasteiger partial charge in [-0.3, -0.25) is 9.98 Å². The molecule has 3 rings (SSSR count). The average molecular weight is 306 g/mol. The molecule has 0 aliphatic carbocycles. The maximum absolute atomic E-state index is 11.8. The van der Waals surface area contributed by atoms with Crippen molar-refractivity contribution in [3.63, 3.8) is 0 Å². The van der Waals surface area contributed by atoms with Crippen LogP contribution >= 0.6 is 0 Å². The number of hydrogen-bond donors (Lipinski definition) is 0. The molecule has 1 saturated heterocycles. The Hall–Kier alpha value is -2.15. The van der Waals surface area contributed by atoms with Gasteiger partial charge in [0.25, 0.3) is 0 Å². The lowest BCUT2D eigenvalue weighted by Gasteiger charge is -2.08. The third-order valence-corrected chi connectivity index (χ3v) is 4.91. The molecule has 1 aliphatic heterocycles. The Labute approximate surface area is 122 Å². The van der Waals surface area contributed by atoms with Crippen LogP contribution in [0, 0.1) is 0 Å². The molecule has 1 fully saturated rings. The first-order valence-corrected chi connectivity index (χ1v) is 8.26. The smallest absolute Gasteiger partial charge is 0.154 e. The van der Waals surface area contributed by atoms with Crippen LogP contribution in [0.1, 0.15) is 11.1 Å². The van der Waals surface area contributed by atoms with E-state index in [1.165, 1.54) is 0 Å². The van der Waals surface area contributed by atoms with Crippen LogP contribution in [0.5, 0.6) is 0 Å². The molecule has 0 saturated carbocycles. The maximum atomic E-state index is 11.8. The predicted octanol–water partition coefficient (Wildman–Crippen LogP) is 1.58. The van der Waals surface area contributed by atoms with Crippen LogP contribution in [0.15, 0.2) is 56.0 Å². The minimum atomic E-state index is -3.10. The number of rotatable bonds is 4. The highest BCUT2D eigenvalue weighted by molar-refractivity contribution is 7.91. The molecule has 0 amide bonds. The van der Waals surface area contributed by atoms with Crippen LogP contribution in [-0.4, -0.2) is 44.4 Å². The molecule has 0 aromatic carbocycles. The van der Waals surface area contributed by atoms with E-state index in [1.807, 2.05) is 0 Å². The molecule has 0 unspecified atom stereocenters. The molecule has 21 heavy (non-hydrogen) atoms. The van der Waals surface area contributed by atoms with E-state index in [1.54, 1.807) is 49.6 Å². The second kappa shape index (κ2) is 5.69. The van der Waals surface area contributed by atoms with Gasteiger partial charge in [-0.1, -0.05) is 0 Å². The standard InChI is InChI=1S/C14H14N2O4S/c17-21(18)9-13(15-5-11-1-3-19-7-11)14(10-21)16-6-12-2-4-20-8-12/h1-8,13-14H,9-10H2/t13-,14-/m0/s1. The summed E-state index contributed by atoms with van der Waals surface area (Å²) in [5.74, 6) is 0.0451. The van der Waals surface area contributed by atoms with E-state index in [0.717, 1.165) is 11.1 Å². The van der Waals surface area contributed by atoms with Crippen LogP contribution < -0.4 is 0 Å². The first kappa shape index (κ1) is 13.8. The normalized spacial score (nSPS) is 25.1. The molecule has 0 N–H and O–H groups in total. The molecule has 2 aromatic rings. The molecule has 2 aromatic heterocycles. The molecule has 2 atom stereocenters. The Bertz CT molecular complexity index is 672. The lowest BCUT2D eigenvalue weighted by molar-refractivity contribution is 0.566. The molecule has 0 bridgehead atoms. The zero-order valence-electron chi connectivity index (χ0n) is 11.1. The fourth-order valence-electron chi connectivity index (χ4n) is 2.16. The Balaban J connectivity index is 1.76. The van der Waals surface area contributed by atoms with Gasteiger partial charge < -0.3 is 8.83 Å². The zero-order chi connectivity index (χ0) is 14.7. The Morgan fingerprint density at radius 2 is 1.43 bits per heavy atom. The highest BCUT2D eigenvalue weighted by Gasteiger charge is 2.36. The topological polar surface area (TPSA) is 85.1 Å². The average Bonchev–Trinajstić information content (AvgIpc) is 3.15. The molecule has 3 heterocycles. The van der Waals surface area contributed by atoms with Crippen LogP contribution in [-0.2, 0) is 9.84 Å². The van der Waals surface area contributed by atoms with Gasteiger partial charge in [-0.05, 0) is 12.1 Å². The second-order valence-corrected chi connectivity index (χ2v) is 7.04. The fraction of sp³-hybridized carbons (Fsp3) is 0.286. The minimum absolute atomic E-state index is 0.0226. The Kier molecular flexibility index (Phi) is 3.74. The quantitative estimate of drug-likeness (QED) is 0.803. The number of nitrogens with zero attached hydrogens (tertiary/aromatic N) is 2. The minimum Gasteiger partial charge on any atom is -0.472 e. The van der Waals surface area contributed by atoms with E-state index >= 15 is 0 Å². The van der Waals surface area contributed by atoms with Crippen molar-refractivity contribution in [2.75, 3.05) is 11.5 Å². The third kappa shape index (κ3) is 3.49. The van der Waals surface area contributed by atoms with Gasteiger partial charge in [-0.15, -0.1) is 0 Å². The SMILES string of the molecule is O=S1(=O)C[C@H](N=Cc2ccoc2)[C@@H](N=Cc2ccoc2)C1. The Morgan fingerprint density at radius 3 is 1.81 bits per heavy atom. The molecule has 110 valence electrons. The third-order valence-electron chi connectivity index (χ3n) is 3.21. The molecule has 6 nitrogen and oxygen atoms in total.